The molecule has 12 nitrogen and oxygen atoms in total. The Morgan fingerprint density at radius 3 is 2.51 bits per heavy atom. The van der Waals surface area contributed by atoms with Crippen molar-refractivity contribution in [2.75, 3.05) is 25.4 Å². The number of aromatic nitrogens is 4. The highest BCUT2D eigenvalue weighted by Crippen LogP contribution is 2.22. The van der Waals surface area contributed by atoms with Crippen molar-refractivity contribution in [1.82, 2.24) is 35.9 Å². The van der Waals surface area contributed by atoms with Gasteiger partial charge in [-0.25, -0.2) is 19.7 Å². The SMILES string of the molecule is CCOC(=O)[C@H](CC(C)C)NC(=O)CNC(=O)CNC(=O)CCCCSc1ncnc2nc[nH]c12. The Morgan fingerprint density at radius 1 is 1.03 bits per heavy atom. The third-order valence-electron chi connectivity index (χ3n) is 4.73. The van der Waals surface area contributed by atoms with Gasteiger partial charge in [-0.15, -0.1) is 11.8 Å². The van der Waals surface area contributed by atoms with E-state index in [1.165, 1.54) is 6.33 Å². The van der Waals surface area contributed by atoms with Crippen molar-refractivity contribution in [3.05, 3.63) is 12.7 Å². The van der Waals surface area contributed by atoms with Crippen LogP contribution in [-0.2, 0) is 23.9 Å². The molecule has 0 aliphatic carbocycles. The molecule has 0 aliphatic rings. The van der Waals surface area contributed by atoms with Crippen LogP contribution in [-0.4, -0.2) is 75.1 Å². The van der Waals surface area contributed by atoms with Crippen LogP contribution in [0.4, 0.5) is 0 Å². The summed E-state index contributed by atoms with van der Waals surface area (Å²) in [5.74, 6) is -0.792. The summed E-state index contributed by atoms with van der Waals surface area (Å²) in [7, 11) is 0. The smallest absolute Gasteiger partial charge is 0.328 e. The van der Waals surface area contributed by atoms with Gasteiger partial charge in [-0.1, -0.05) is 13.8 Å². The molecule has 2 aromatic heterocycles. The van der Waals surface area contributed by atoms with Crippen LogP contribution < -0.4 is 16.0 Å². The second kappa shape index (κ2) is 14.9. The van der Waals surface area contributed by atoms with E-state index in [0.717, 1.165) is 22.7 Å². The maximum atomic E-state index is 12.1. The molecule has 0 radical (unpaired) electrons. The Hall–Kier alpha value is -3.22. The van der Waals surface area contributed by atoms with E-state index in [4.69, 9.17) is 4.74 Å². The zero-order valence-electron chi connectivity index (χ0n) is 20.3. The van der Waals surface area contributed by atoms with E-state index in [1.54, 1.807) is 25.0 Å². The van der Waals surface area contributed by atoms with E-state index < -0.39 is 23.8 Å². The fourth-order valence-electron chi connectivity index (χ4n) is 3.09. The Morgan fingerprint density at radius 2 is 1.77 bits per heavy atom. The van der Waals surface area contributed by atoms with Crippen molar-refractivity contribution >= 4 is 46.6 Å². The number of H-pyrrole nitrogens is 1. The van der Waals surface area contributed by atoms with E-state index in [1.807, 2.05) is 13.8 Å². The second-order valence-electron chi connectivity index (χ2n) is 8.14. The zero-order chi connectivity index (χ0) is 25.6. The molecule has 0 spiro atoms. The van der Waals surface area contributed by atoms with Crippen LogP contribution in [0, 0.1) is 5.92 Å². The van der Waals surface area contributed by atoms with Gasteiger partial charge in [0.2, 0.25) is 17.7 Å². The molecule has 192 valence electrons. The van der Waals surface area contributed by atoms with Gasteiger partial charge in [-0.2, -0.15) is 0 Å². The molecule has 0 saturated carbocycles. The Bertz CT molecular complexity index is 997. The number of aromatic amines is 1. The number of unbranched alkanes of at least 4 members (excludes halogenated alkanes) is 1. The number of nitrogens with zero attached hydrogens (tertiary/aromatic N) is 3. The first-order chi connectivity index (χ1) is 16.8. The van der Waals surface area contributed by atoms with Gasteiger partial charge in [-0.05, 0) is 37.9 Å². The molecule has 0 saturated heterocycles. The molecule has 4 N–H and O–H groups in total. The fourth-order valence-corrected chi connectivity index (χ4v) is 4.05. The largest absolute Gasteiger partial charge is 0.464 e. The quantitative estimate of drug-likeness (QED) is 0.119. The number of rotatable bonds is 15. The Kier molecular flexibility index (Phi) is 11.9. The van der Waals surface area contributed by atoms with Gasteiger partial charge in [0.05, 0.1) is 26.0 Å². The third kappa shape index (κ3) is 10.3. The van der Waals surface area contributed by atoms with Crippen LogP contribution in [0.25, 0.3) is 11.2 Å². The number of thioether (sulfide) groups is 1. The van der Waals surface area contributed by atoms with Crippen molar-refractivity contribution in [3.8, 4) is 0 Å². The van der Waals surface area contributed by atoms with Gasteiger partial charge in [0.1, 0.15) is 22.9 Å². The average molecular weight is 508 g/mol. The molecular formula is C22H33N7O5S. The number of esters is 1. The summed E-state index contributed by atoms with van der Waals surface area (Å²) in [4.78, 5) is 63.4. The first-order valence-electron chi connectivity index (χ1n) is 11.6. The summed E-state index contributed by atoms with van der Waals surface area (Å²) in [6, 6.07) is -0.767. The molecular weight excluding hydrogens is 474 g/mol. The predicted octanol–water partition coefficient (Wildman–Crippen LogP) is 0.942. The van der Waals surface area contributed by atoms with E-state index in [2.05, 4.69) is 35.9 Å². The third-order valence-corrected chi connectivity index (χ3v) is 5.81. The standard InChI is InChI=1S/C22H33N7O5S/c1-4-34-22(33)15(9-14(2)3)29-18(32)11-24-17(31)10-23-16(30)7-5-6-8-35-21-19-20(26-12-25-19)27-13-28-21/h12-15H,4-11H2,1-3H3,(H,23,30)(H,24,31)(H,29,32)(H,25,26,27,28)/t15-/m0/s1. The lowest BCUT2D eigenvalue weighted by Crippen LogP contribution is -2.48. The van der Waals surface area contributed by atoms with Gasteiger partial charge in [0, 0.05) is 6.42 Å². The van der Waals surface area contributed by atoms with E-state index in [0.29, 0.717) is 18.5 Å². The molecule has 0 bridgehead atoms. The first kappa shape index (κ1) is 28.0. The monoisotopic (exact) mass is 507 g/mol. The van der Waals surface area contributed by atoms with Crippen LogP contribution in [0.1, 0.15) is 46.5 Å². The number of nitrogens with one attached hydrogen (secondary N) is 4. The van der Waals surface area contributed by atoms with Gasteiger partial charge in [0.15, 0.2) is 5.65 Å². The minimum atomic E-state index is -0.767. The summed E-state index contributed by atoms with van der Waals surface area (Å²) in [6.07, 6.45) is 5.21. The molecule has 0 aliphatic heterocycles. The minimum absolute atomic E-state index is 0.174. The van der Waals surface area contributed by atoms with Gasteiger partial charge < -0.3 is 25.7 Å². The van der Waals surface area contributed by atoms with Crippen LogP contribution in [0.2, 0.25) is 0 Å². The van der Waals surface area contributed by atoms with Crippen molar-refractivity contribution in [2.24, 2.45) is 5.92 Å². The summed E-state index contributed by atoms with van der Waals surface area (Å²) in [5, 5.41) is 8.37. The first-order valence-corrected chi connectivity index (χ1v) is 12.5. The topological polar surface area (TPSA) is 168 Å². The number of hydrogen-bond acceptors (Lipinski definition) is 9. The zero-order valence-corrected chi connectivity index (χ0v) is 21.1. The summed E-state index contributed by atoms with van der Waals surface area (Å²) >= 11 is 1.56. The Labute approximate surface area is 208 Å². The van der Waals surface area contributed by atoms with Gasteiger partial charge in [0.25, 0.3) is 0 Å². The number of fused-ring (bicyclic) bond motifs is 1. The van der Waals surface area contributed by atoms with Crippen LogP contribution >= 0.6 is 11.8 Å². The second-order valence-corrected chi connectivity index (χ2v) is 9.22. The molecule has 2 rings (SSSR count). The lowest BCUT2D eigenvalue weighted by Gasteiger charge is -2.19. The highest BCUT2D eigenvalue weighted by Gasteiger charge is 2.23. The average Bonchev–Trinajstić information content (AvgIpc) is 3.30. The van der Waals surface area contributed by atoms with Gasteiger partial charge >= 0.3 is 5.97 Å². The predicted molar refractivity (Wildman–Crippen MR) is 130 cm³/mol. The molecule has 0 aromatic carbocycles. The maximum Gasteiger partial charge on any atom is 0.328 e. The van der Waals surface area contributed by atoms with E-state index >= 15 is 0 Å². The Balaban J connectivity index is 1.58. The molecule has 2 aromatic rings. The van der Waals surface area contributed by atoms with Crippen molar-refractivity contribution in [1.29, 1.82) is 0 Å². The highest BCUT2D eigenvalue weighted by atomic mass is 32.2. The van der Waals surface area contributed by atoms with Gasteiger partial charge in [-0.3, -0.25) is 14.4 Å². The van der Waals surface area contributed by atoms with Crippen molar-refractivity contribution < 1.29 is 23.9 Å². The van der Waals surface area contributed by atoms with E-state index in [-0.39, 0.29) is 37.9 Å². The van der Waals surface area contributed by atoms with E-state index in [9.17, 15) is 19.2 Å². The number of carbonyl (C=O) groups is 4. The van der Waals surface area contributed by atoms with Crippen LogP contribution in [0.5, 0.6) is 0 Å². The van der Waals surface area contributed by atoms with Crippen molar-refractivity contribution in [2.45, 2.75) is 57.5 Å². The summed E-state index contributed by atoms with van der Waals surface area (Å²) < 4.78 is 4.98. The maximum absolute atomic E-state index is 12.1. The molecule has 1 atom stereocenters. The summed E-state index contributed by atoms with van der Waals surface area (Å²) in [5.41, 5.74) is 1.42. The lowest BCUT2D eigenvalue weighted by molar-refractivity contribution is -0.147. The molecule has 13 heteroatoms. The normalized spacial score (nSPS) is 11.8. The van der Waals surface area contributed by atoms with Crippen molar-refractivity contribution in [3.63, 3.8) is 0 Å². The van der Waals surface area contributed by atoms with Crippen LogP contribution in [0.15, 0.2) is 17.7 Å². The number of ether oxygens (including phenoxy) is 1. The molecule has 3 amide bonds. The molecule has 2 heterocycles. The van der Waals surface area contributed by atoms with Crippen LogP contribution in [0.3, 0.4) is 0 Å². The number of imidazole rings is 1. The minimum Gasteiger partial charge on any atom is -0.464 e. The molecule has 35 heavy (non-hydrogen) atoms. The number of hydrogen-bond donors (Lipinski definition) is 4. The lowest BCUT2D eigenvalue weighted by atomic mass is 10.0. The summed E-state index contributed by atoms with van der Waals surface area (Å²) in [6.45, 7) is 5.24. The molecule has 0 unspecified atom stereocenters. The molecule has 0 fully saturated rings. The number of amides is 3. The fraction of sp³-hybridized carbons (Fsp3) is 0.591. The highest BCUT2D eigenvalue weighted by molar-refractivity contribution is 7.99. The number of carbonyl (C=O) groups excluding carboxylic acids is 4.